The van der Waals surface area contributed by atoms with E-state index in [-0.39, 0.29) is 18.2 Å². The van der Waals surface area contributed by atoms with Crippen molar-refractivity contribution < 1.29 is 9.59 Å². The number of rotatable bonds is 3. The lowest BCUT2D eigenvalue weighted by Gasteiger charge is -2.07. The van der Waals surface area contributed by atoms with Gasteiger partial charge in [0.25, 0.3) is 5.91 Å². The molecule has 0 fully saturated rings. The molecule has 0 spiro atoms. The Morgan fingerprint density at radius 3 is 2.20 bits per heavy atom. The molecule has 0 aliphatic carbocycles. The maximum absolute atomic E-state index is 11.8. The molecule has 0 saturated carbocycles. The molecule has 5 heteroatoms. The topological polar surface area (TPSA) is 58.2 Å². The summed E-state index contributed by atoms with van der Waals surface area (Å²) in [4.78, 5) is 23.5. The third-order valence-electron chi connectivity index (χ3n) is 2.63. The summed E-state index contributed by atoms with van der Waals surface area (Å²) in [6, 6.07) is 16.4. The quantitative estimate of drug-likeness (QED) is 0.634. The average molecular weight is 380 g/mol. The molecule has 0 heterocycles. The average Bonchev–Trinajstić information content (AvgIpc) is 2.46. The van der Waals surface area contributed by atoms with Crippen molar-refractivity contribution in [2.24, 2.45) is 0 Å². The van der Waals surface area contributed by atoms with Crippen LogP contribution in [0.25, 0.3) is 0 Å². The predicted molar refractivity (Wildman–Crippen MR) is 84.9 cm³/mol. The number of amides is 2. The summed E-state index contributed by atoms with van der Waals surface area (Å²) in [6.45, 7) is 0. The SMILES string of the molecule is O=C(Cc1ccccc1)NNC(=O)c1ccc(I)cc1. The molecule has 2 amide bonds. The minimum atomic E-state index is -0.331. The molecule has 2 N–H and O–H groups in total. The number of benzene rings is 2. The first-order valence-corrected chi connectivity index (χ1v) is 7.12. The molecule has 0 aliphatic rings. The second kappa shape index (κ2) is 7.04. The zero-order chi connectivity index (χ0) is 14.4. The number of carbonyl (C=O) groups excluding carboxylic acids is 2. The first-order valence-electron chi connectivity index (χ1n) is 6.04. The van der Waals surface area contributed by atoms with Crippen molar-refractivity contribution >= 4 is 34.4 Å². The maximum Gasteiger partial charge on any atom is 0.269 e. The van der Waals surface area contributed by atoms with Crippen molar-refractivity contribution in [3.05, 3.63) is 69.3 Å². The van der Waals surface area contributed by atoms with Crippen molar-refractivity contribution in [2.45, 2.75) is 6.42 Å². The first kappa shape index (κ1) is 14.5. The van der Waals surface area contributed by atoms with E-state index in [1.807, 2.05) is 42.5 Å². The van der Waals surface area contributed by atoms with Gasteiger partial charge in [0.15, 0.2) is 0 Å². The molecule has 20 heavy (non-hydrogen) atoms. The number of nitrogens with one attached hydrogen (secondary N) is 2. The summed E-state index contributed by atoms with van der Waals surface area (Å²) < 4.78 is 1.05. The highest BCUT2D eigenvalue weighted by Crippen LogP contribution is 2.06. The third kappa shape index (κ3) is 4.34. The fourth-order valence-electron chi connectivity index (χ4n) is 1.63. The number of halogens is 1. The van der Waals surface area contributed by atoms with Gasteiger partial charge in [-0.15, -0.1) is 0 Å². The minimum Gasteiger partial charge on any atom is -0.273 e. The number of hydrogen-bond acceptors (Lipinski definition) is 2. The van der Waals surface area contributed by atoms with E-state index >= 15 is 0 Å². The van der Waals surface area contributed by atoms with Crippen LogP contribution in [0.1, 0.15) is 15.9 Å². The van der Waals surface area contributed by atoms with Crippen molar-refractivity contribution in [1.82, 2.24) is 10.9 Å². The van der Waals surface area contributed by atoms with Crippen LogP contribution in [0.3, 0.4) is 0 Å². The highest BCUT2D eigenvalue weighted by Gasteiger charge is 2.07. The lowest BCUT2D eigenvalue weighted by Crippen LogP contribution is -2.42. The van der Waals surface area contributed by atoms with E-state index in [0.717, 1.165) is 9.13 Å². The van der Waals surface area contributed by atoms with Crippen LogP contribution in [0, 0.1) is 3.57 Å². The van der Waals surface area contributed by atoms with Gasteiger partial charge >= 0.3 is 0 Å². The second-order valence-electron chi connectivity index (χ2n) is 4.17. The Morgan fingerprint density at radius 1 is 0.900 bits per heavy atom. The number of hydrazine groups is 1. The van der Waals surface area contributed by atoms with Gasteiger partial charge in [0, 0.05) is 9.13 Å². The standard InChI is InChI=1S/C15H13IN2O2/c16-13-8-6-12(7-9-13)15(20)18-17-14(19)10-11-4-2-1-3-5-11/h1-9H,10H2,(H,17,19)(H,18,20). The number of carbonyl (C=O) groups is 2. The molecule has 2 rings (SSSR count). The largest absolute Gasteiger partial charge is 0.273 e. The van der Waals surface area contributed by atoms with Crippen LogP contribution in [-0.4, -0.2) is 11.8 Å². The van der Waals surface area contributed by atoms with Gasteiger partial charge < -0.3 is 0 Å². The molecule has 0 bridgehead atoms. The van der Waals surface area contributed by atoms with Crippen molar-refractivity contribution in [3.8, 4) is 0 Å². The van der Waals surface area contributed by atoms with E-state index < -0.39 is 0 Å². The Morgan fingerprint density at radius 2 is 1.55 bits per heavy atom. The molecular formula is C15H13IN2O2. The van der Waals surface area contributed by atoms with Crippen molar-refractivity contribution in [3.63, 3.8) is 0 Å². The Labute approximate surface area is 130 Å². The Hall–Kier alpha value is -1.89. The Kier molecular flexibility index (Phi) is 5.11. The molecule has 0 radical (unpaired) electrons. The monoisotopic (exact) mass is 380 g/mol. The third-order valence-corrected chi connectivity index (χ3v) is 3.35. The van der Waals surface area contributed by atoms with Crippen LogP contribution in [0.15, 0.2) is 54.6 Å². The summed E-state index contributed by atoms with van der Waals surface area (Å²) in [5.74, 6) is -0.585. The lowest BCUT2D eigenvalue weighted by atomic mass is 10.1. The fraction of sp³-hybridized carbons (Fsp3) is 0.0667. The molecule has 0 aromatic heterocycles. The molecule has 4 nitrogen and oxygen atoms in total. The Bertz CT molecular complexity index is 597. The summed E-state index contributed by atoms with van der Waals surface area (Å²) in [5.41, 5.74) is 6.20. The maximum atomic E-state index is 11.8. The van der Waals surface area contributed by atoms with E-state index in [1.165, 1.54) is 0 Å². The van der Waals surface area contributed by atoms with Crippen molar-refractivity contribution in [1.29, 1.82) is 0 Å². The van der Waals surface area contributed by atoms with Crippen LogP contribution < -0.4 is 10.9 Å². The Balaban J connectivity index is 1.84. The smallest absolute Gasteiger partial charge is 0.269 e. The summed E-state index contributed by atoms with van der Waals surface area (Å²) in [5, 5.41) is 0. The number of hydrogen-bond donors (Lipinski definition) is 2. The zero-order valence-corrected chi connectivity index (χ0v) is 12.8. The normalized spacial score (nSPS) is 9.85. The van der Waals surface area contributed by atoms with Gasteiger partial charge in [-0.25, -0.2) is 0 Å². The van der Waals surface area contributed by atoms with E-state index in [2.05, 4.69) is 33.4 Å². The van der Waals surface area contributed by atoms with E-state index in [9.17, 15) is 9.59 Å². The molecular weight excluding hydrogens is 367 g/mol. The molecule has 0 atom stereocenters. The van der Waals surface area contributed by atoms with Gasteiger partial charge in [-0.3, -0.25) is 20.4 Å². The van der Waals surface area contributed by atoms with Gasteiger partial charge in [-0.2, -0.15) is 0 Å². The highest BCUT2D eigenvalue weighted by molar-refractivity contribution is 14.1. The molecule has 2 aromatic carbocycles. The van der Waals surface area contributed by atoms with Gasteiger partial charge in [0.2, 0.25) is 5.91 Å². The molecule has 0 unspecified atom stereocenters. The lowest BCUT2D eigenvalue weighted by molar-refractivity contribution is -0.121. The van der Waals surface area contributed by atoms with Crippen LogP contribution >= 0.6 is 22.6 Å². The summed E-state index contributed by atoms with van der Waals surface area (Å²) >= 11 is 2.16. The van der Waals surface area contributed by atoms with E-state index in [0.29, 0.717) is 5.56 Å². The van der Waals surface area contributed by atoms with Gasteiger partial charge in [0.1, 0.15) is 0 Å². The van der Waals surface area contributed by atoms with Crippen LogP contribution in [0.4, 0.5) is 0 Å². The minimum absolute atomic E-state index is 0.230. The molecule has 0 aliphatic heterocycles. The van der Waals surface area contributed by atoms with Crippen LogP contribution in [0.2, 0.25) is 0 Å². The summed E-state index contributed by atoms with van der Waals surface area (Å²) in [7, 11) is 0. The molecule has 2 aromatic rings. The highest BCUT2D eigenvalue weighted by atomic mass is 127. The van der Waals surface area contributed by atoms with Gasteiger partial charge in [0.05, 0.1) is 6.42 Å². The van der Waals surface area contributed by atoms with Gasteiger partial charge in [-0.1, -0.05) is 30.3 Å². The van der Waals surface area contributed by atoms with E-state index in [1.54, 1.807) is 12.1 Å². The fourth-order valence-corrected chi connectivity index (χ4v) is 1.98. The van der Waals surface area contributed by atoms with Crippen LogP contribution in [0.5, 0.6) is 0 Å². The van der Waals surface area contributed by atoms with Crippen molar-refractivity contribution in [2.75, 3.05) is 0 Å². The van der Waals surface area contributed by atoms with Crippen LogP contribution in [-0.2, 0) is 11.2 Å². The second-order valence-corrected chi connectivity index (χ2v) is 5.42. The van der Waals surface area contributed by atoms with E-state index in [4.69, 9.17) is 0 Å². The van der Waals surface area contributed by atoms with Gasteiger partial charge in [-0.05, 0) is 52.4 Å². The molecule has 102 valence electrons. The summed E-state index contributed by atoms with van der Waals surface area (Å²) in [6.07, 6.45) is 0.230. The zero-order valence-electron chi connectivity index (χ0n) is 10.6. The predicted octanol–water partition coefficient (Wildman–Crippen LogP) is 2.29. The molecule has 0 saturated heterocycles. The first-order chi connectivity index (χ1) is 9.65.